The molecule has 1 aromatic rings. The second-order valence-electron chi connectivity index (χ2n) is 6.06. The van der Waals surface area contributed by atoms with Crippen molar-refractivity contribution in [3.8, 4) is 5.75 Å². The van der Waals surface area contributed by atoms with Crippen LogP contribution >= 0.6 is 0 Å². The van der Waals surface area contributed by atoms with Gasteiger partial charge in [-0.25, -0.2) is 0 Å². The van der Waals surface area contributed by atoms with E-state index in [0.29, 0.717) is 5.46 Å². The van der Waals surface area contributed by atoms with E-state index < -0.39 is 31.1 Å². The molecule has 0 N–H and O–H groups in total. The third-order valence-electron chi connectivity index (χ3n) is 3.79. The van der Waals surface area contributed by atoms with Gasteiger partial charge in [0.2, 0.25) is 0 Å². The predicted octanol–water partition coefficient (Wildman–Crippen LogP) is 2.93. The summed E-state index contributed by atoms with van der Waals surface area (Å²) in [5, 5.41) is 0. The normalized spacial score (nSPS) is 20.6. The molecule has 0 radical (unpaired) electrons. The number of halogens is 3. The Morgan fingerprint density at radius 1 is 1.10 bits per heavy atom. The average molecular weight is 302 g/mol. The molecule has 0 aromatic heterocycles. The summed E-state index contributed by atoms with van der Waals surface area (Å²) in [5.41, 5.74) is -0.366. The second-order valence-corrected chi connectivity index (χ2v) is 6.06. The molecule has 0 atom stereocenters. The lowest BCUT2D eigenvalue weighted by atomic mass is 9.79. The highest BCUT2D eigenvalue weighted by molar-refractivity contribution is 6.62. The Morgan fingerprint density at radius 3 is 2.19 bits per heavy atom. The molecule has 1 aliphatic rings. The minimum absolute atomic E-state index is 0.138. The van der Waals surface area contributed by atoms with Gasteiger partial charge < -0.3 is 14.0 Å². The van der Waals surface area contributed by atoms with Crippen molar-refractivity contribution >= 4 is 12.6 Å². The molecule has 7 heteroatoms. The summed E-state index contributed by atoms with van der Waals surface area (Å²) in [6.07, 6.45) is -4.36. The van der Waals surface area contributed by atoms with E-state index in [1.807, 2.05) is 27.7 Å². The molecule has 3 nitrogen and oxygen atoms in total. The van der Waals surface area contributed by atoms with E-state index in [0.717, 1.165) is 0 Å². The molecule has 0 saturated carbocycles. The first-order valence-electron chi connectivity index (χ1n) is 6.65. The van der Waals surface area contributed by atoms with Crippen LogP contribution in [0.25, 0.3) is 0 Å². The molecular formula is C14H18BF3O3. The largest absolute Gasteiger partial charge is 0.494 e. The molecule has 0 spiro atoms. The predicted molar refractivity (Wildman–Crippen MR) is 73.7 cm³/mol. The molecule has 1 aromatic carbocycles. The van der Waals surface area contributed by atoms with Crippen LogP contribution in [0.15, 0.2) is 24.3 Å². The molecule has 1 aliphatic heterocycles. The van der Waals surface area contributed by atoms with Gasteiger partial charge >= 0.3 is 13.3 Å². The molecule has 0 aliphatic carbocycles. The lowest BCUT2D eigenvalue weighted by molar-refractivity contribution is -0.153. The zero-order valence-electron chi connectivity index (χ0n) is 12.5. The molecule has 1 fully saturated rings. The van der Waals surface area contributed by atoms with Crippen LogP contribution < -0.4 is 10.2 Å². The van der Waals surface area contributed by atoms with Crippen molar-refractivity contribution in [1.82, 2.24) is 0 Å². The summed E-state index contributed by atoms with van der Waals surface area (Å²) in [6, 6.07) is 6.34. The van der Waals surface area contributed by atoms with Gasteiger partial charge in [-0.15, -0.1) is 0 Å². The monoisotopic (exact) mass is 302 g/mol. The molecule has 2 rings (SSSR count). The first kappa shape index (κ1) is 16.2. The van der Waals surface area contributed by atoms with Crippen LogP contribution in [0.1, 0.15) is 27.7 Å². The number of ether oxygens (including phenoxy) is 1. The van der Waals surface area contributed by atoms with Gasteiger partial charge in [0.05, 0.1) is 11.2 Å². The van der Waals surface area contributed by atoms with Gasteiger partial charge in [-0.3, -0.25) is 0 Å². The van der Waals surface area contributed by atoms with Gasteiger partial charge in [-0.2, -0.15) is 13.2 Å². The minimum atomic E-state index is -4.36. The summed E-state index contributed by atoms with van der Waals surface area (Å²) in [5.74, 6) is 0.138. The lowest BCUT2D eigenvalue weighted by Crippen LogP contribution is -2.41. The molecule has 1 heterocycles. The number of hydrogen-bond acceptors (Lipinski definition) is 3. The van der Waals surface area contributed by atoms with E-state index >= 15 is 0 Å². The van der Waals surface area contributed by atoms with Crippen molar-refractivity contribution in [3.63, 3.8) is 0 Å². The Morgan fingerprint density at radius 2 is 1.67 bits per heavy atom. The standard InChI is InChI=1S/C14H18BF3O3/c1-12(2)13(3,4)21-15(20-12)10-6-5-7-11(8-10)19-9-14(16,17)18/h5-8H,9H2,1-4H3. The second kappa shape index (κ2) is 5.21. The van der Waals surface area contributed by atoms with E-state index in [4.69, 9.17) is 14.0 Å². The van der Waals surface area contributed by atoms with E-state index in [1.54, 1.807) is 12.1 Å². The van der Waals surface area contributed by atoms with Crippen LogP contribution in [0.4, 0.5) is 13.2 Å². The van der Waals surface area contributed by atoms with Crippen molar-refractivity contribution in [2.75, 3.05) is 6.61 Å². The van der Waals surface area contributed by atoms with E-state index in [-0.39, 0.29) is 5.75 Å². The summed E-state index contributed by atoms with van der Waals surface area (Å²) >= 11 is 0. The van der Waals surface area contributed by atoms with Gasteiger partial charge in [0.25, 0.3) is 0 Å². The third-order valence-corrected chi connectivity index (χ3v) is 3.79. The first-order chi connectivity index (χ1) is 9.50. The van der Waals surface area contributed by atoms with Gasteiger partial charge in [-0.05, 0) is 45.3 Å². The maximum absolute atomic E-state index is 12.2. The number of alkyl halides is 3. The van der Waals surface area contributed by atoms with E-state index in [9.17, 15) is 13.2 Å². The summed E-state index contributed by atoms with van der Waals surface area (Å²) in [4.78, 5) is 0. The van der Waals surface area contributed by atoms with Crippen LogP contribution in [-0.4, -0.2) is 31.1 Å². The highest BCUT2D eigenvalue weighted by Gasteiger charge is 2.51. The van der Waals surface area contributed by atoms with Crippen LogP contribution in [0.2, 0.25) is 0 Å². The SMILES string of the molecule is CC1(C)OB(c2cccc(OCC(F)(F)F)c2)OC1(C)C. The van der Waals surface area contributed by atoms with Crippen molar-refractivity contribution in [3.05, 3.63) is 24.3 Å². The lowest BCUT2D eigenvalue weighted by Gasteiger charge is -2.32. The average Bonchev–Trinajstić information content (AvgIpc) is 2.56. The van der Waals surface area contributed by atoms with Crippen molar-refractivity contribution in [2.45, 2.75) is 45.1 Å². The van der Waals surface area contributed by atoms with Gasteiger partial charge in [0, 0.05) is 0 Å². The molecule has 0 unspecified atom stereocenters. The molecule has 1 saturated heterocycles. The Labute approximate surface area is 122 Å². The summed E-state index contributed by atoms with van der Waals surface area (Å²) in [6.45, 7) is 6.34. The van der Waals surface area contributed by atoms with Crippen LogP contribution in [-0.2, 0) is 9.31 Å². The Hall–Kier alpha value is -1.21. The minimum Gasteiger partial charge on any atom is -0.484 e. The van der Waals surface area contributed by atoms with E-state index in [1.165, 1.54) is 12.1 Å². The summed E-state index contributed by atoms with van der Waals surface area (Å²) in [7, 11) is -0.621. The number of benzene rings is 1. The van der Waals surface area contributed by atoms with Gasteiger partial charge in [0.15, 0.2) is 6.61 Å². The van der Waals surface area contributed by atoms with E-state index in [2.05, 4.69) is 0 Å². The number of rotatable bonds is 3. The maximum Gasteiger partial charge on any atom is 0.494 e. The highest BCUT2D eigenvalue weighted by Crippen LogP contribution is 2.36. The molecule has 116 valence electrons. The maximum atomic E-state index is 12.2. The Kier molecular flexibility index (Phi) is 4.01. The van der Waals surface area contributed by atoms with Crippen LogP contribution in [0.5, 0.6) is 5.75 Å². The fourth-order valence-electron chi connectivity index (χ4n) is 1.90. The zero-order chi connectivity index (χ0) is 15.9. The van der Waals surface area contributed by atoms with Crippen molar-refractivity contribution in [2.24, 2.45) is 0 Å². The molecule has 0 bridgehead atoms. The third kappa shape index (κ3) is 3.71. The first-order valence-corrected chi connectivity index (χ1v) is 6.65. The van der Waals surface area contributed by atoms with Crippen molar-refractivity contribution < 1.29 is 27.2 Å². The topological polar surface area (TPSA) is 27.7 Å². The van der Waals surface area contributed by atoms with Gasteiger partial charge in [0.1, 0.15) is 5.75 Å². The molecular weight excluding hydrogens is 284 g/mol. The highest BCUT2D eigenvalue weighted by atomic mass is 19.4. The summed E-state index contributed by atoms with van der Waals surface area (Å²) < 4.78 is 53.0. The Bertz CT molecular complexity index is 498. The van der Waals surface area contributed by atoms with Crippen LogP contribution in [0.3, 0.4) is 0 Å². The smallest absolute Gasteiger partial charge is 0.484 e. The fraction of sp³-hybridized carbons (Fsp3) is 0.571. The molecule has 21 heavy (non-hydrogen) atoms. The van der Waals surface area contributed by atoms with Gasteiger partial charge in [-0.1, -0.05) is 12.1 Å². The quantitative estimate of drug-likeness (QED) is 0.804. The molecule has 0 amide bonds. The Balaban J connectivity index is 2.12. The number of hydrogen-bond donors (Lipinski definition) is 0. The zero-order valence-corrected chi connectivity index (χ0v) is 12.5. The fourth-order valence-corrected chi connectivity index (χ4v) is 1.90. The van der Waals surface area contributed by atoms with Crippen LogP contribution in [0, 0.1) is 0 Å². The van der Waals surface area contributed by atoms with Crippen molar-refractivity contribution in [1.29, 1.82) is 0 Å².